The van der Waals surface area contributed by atoms with Crippen LogP contribution in [0.1, 0.15) is 11.1 Å². The van der Waals surface area contributed by atoms with E-state index in [9.17, 15) is 4.79 Å². The molecule has 6 heteroatoms. The van der Waals surface area contributed by atoms with Crippen molar-refractivity contribution >= 4 is 23.4 Å². The molecule has 1 aliphatic heterocycles. The molecule has 0 saturated carbocycles. The number of carbonyl (C=O) groups excluding carboxylic acids is 1. The lowest BCUT2D eigenvalue weighted by Crippen LogP contribution is -3.12. The van der Waals surface area contributed by atoms with Gasteiger partial charge in [-0.25, -0.2) is 0 Å². The molecule has 1 saturated heterocycles. The first kappa shape index (κ1) is 20.9. The average Bonchev–Trinajstić information content (AvgIpc) is 2.70. The number of quaternary nitrogens is 2. The monoisotopic (exact) mass is 401 g/mol. The largest absolute Gasteiger partial charge is 0.370 e. The number of morpholine rings is 1. The van der Waals surface area contributed by atoms with Crippen LogP contribution in [-0.2, 0) is 22.6 Å². The van der Waals surface area contributed by atoms with Crippen LogP contribution in [-0.4, -0.2) is 52.1 Å². The number of rotatable bonds is 8. The Hall–Kier alpha value is -1.86. The summed E-state index contributed by atoms with van der Waals surface area (Å²) >= 11 is 1.74. The number of nitrogens with one attached hydrogen (secondary N) is 3. The van der Waals surface area contributed by atoms with Crippen LogP contribution < -0.4 is 15.1 Å². The van der Waals surface area contributed by atoms with Crippen LogP contribution in [0, 0.1) is 0 Å². The van der Waals surface area contributed by atoms with Crippen molar-refractivity contribution in [2.45, 2.75) is 18.0 Å². The summed E-state index contributed by atoms with van der Waals surface area (Å²) in [6, 6.07) is 16.8. The highest BCUT2D eigenvalue weighted by atomic mass is 32.2. The fraction of sp³-hybridized carbons (Fsp3) is 0.409. The molecule has 150 valence electrons. The van der Waals surface area contributed by atoms with Gasteiger partial charge in [-0.15, -0.1) is 11.8 Å². The molecule has 2 aromatic carbocycles. The Morgan fingerprint density at radius 3 is 2.36 bits per heavy atom. The van der Waals surface area contributed by atoms with Crippen LogP contribution >= 0.6 is 11.8 Å². The van der Waals surface area contributed by atoms with Crippen LogP contribution in [0.3, 0.4) is 0 Å². The number of benzene rings is 2. The fourth-order valence-electron chi connectivity index (χ4n) is 3.47. The van der Waals surface area contributed by atoms with Crippen molar-refractivity contribution in [3.8, 4) is 0 Å². The van der Waals surface area contributed by atoms with Gasteiger partial charge in [-0.05, 0) is 30.5 Å². The molecule has 0 bridgehead atoms. The predicted molar refractivity (Wildman–Crippen MR) is 114 cm³/mol. The van der Waals surface area contributed by atoms with Crippen molar-refractivity contribution in [3.05, 3.63) is 59.7 Å². The van der Waals surface area contributed by atoms with Gasteiger partial charge in [0.05, 0.1) is 20.3 Å². The molecule has 1 heterocycles. The van der Waals surface area contributed by atoms with E-state index in [1.165, 1.54) is 20.9 Å². The summed E-state index contributed by atoms with van der Waals surface area (Å²) in [5, 5.41) is 3.02. The maximum Gasteiger partial charge on any atom is 0.279 e. The van der Waals surface area contributed by atoms with Gasteiger partial charge in [-0.2, -0.15) is 0 Å². The lowest BCUT2D eigenvalue weighted by Gasteiger charge is -2.23. The van der Waals surface area contributed by atoms with E-state index in [2.05, 4.69) is 55.0 Å². The van der Waals surface area contributed by atoms with Gasteiger partial charge in [0.25, 0.3) is 5.91 Å². The van der Waals surface area contributed by atoms with Crippen molar-refractivity contribution in [2.75, 3.05) is 51.5 Å². The molecule has 1 aliphatic rings. The lowest BCUT2D eigenvalue weighted by atomic mass is 10.2. The first-order valence-electron chi connectivity index (χ1n) is 9.87. The first-order chi connectivity index (χ1) is 13.6. The Morgan fingerprint density at radius 2 is 1.71 bits per heavy atom. The highest BCUT2D eigenvalue weighted by Gasteiger charge is 2.14. The van der Waals surface area contributed by atoms with Crippen molar-refractivity contribution in [2.24, 2.45) is 0 Å². The van der Waals surface area contributed by atoms with E-state index in [1.807, 2.05) is 12.1 Å². The molecular weight excluding hydrogens is 370 g/mol. The molecule has 0 spiro atoms. The molecule has 5 nitrogen and oxygen atoms in total. The minimum atomic E-state index is 0.0461. The normalized spacial score (nSPS) is 15.9. The quantitative estimate of drug-likeness (QED) is 0.564. The fourth-order valence-corrected chi connectivity index (χ4v) is 3.87. The van der Waals surface area contributed by atoms with Gasteiger partial charge < -0.3 is 19.9 Å². The van der Waals surface area contributed by atoms with E-state index in [0.29, 0.717) is 6.54 Å². The summed E-state index contributed by atoms with van der Waals surface area (Å²) in [5.74, 6) is 0.0461. The van der Waals surface area contributed by atoms with Gasteiger partial charge >= 0.3 is 0 Å². The molecule has 0 aliphatic carbocycles. The predicted octanol–water partition coefficient (Wildman–Crippen LogP) is 0.477. The van der Waals surface area contributed by atoms with Gasteiger partial charge in [-0.1, -0.05) is 24.3 Å². The third-order valence-corrected chi connectivity index (χ3v) is 5.76. The van der Waals surface area contributed by atoms with Crippen LogP contribution in [0.25, 0.3) is 0 Å². The van der Waals surface area contributed by atoms with E-state index in [-0.39, 0.29) is 5.91 Å². The Kier molecular flexibility index (Phi) is 7.91. The summed E-state index contributed by atoms with van der Waals surface area (Å²) in [5.41, 5.74) is 3.41. The highest BCUT2D eigenvalue weighted by Crippen LogP contribution is 2.14. The van der Waals surface area contributed by atoms with E-state index in [4.69, 9.17) is 4.74 Å². The lowest BCUT2D eigenvalue weighted by molar-refractivity contribution is -0.921. The van der Waals surface area contributed by atoms with Gasteiger partial charge in [0, 0.05) is 21.7 Å². The topological polar surface area (TPSA) is 47.2 Å². The second-order valence-electron chi connectivity index (χ2n) is 7.44. The summed E-state index contributed by atoms with van der Waals surface area (Å²) in [6.45, 7) is 6.12. The number of thioether (sulfide) groups is 1. The third-order valence-electron chi connectivity index (χ3n) is 5.02. The highest BCUT2D eigenvalue weighted by molar-refractivity contribution is 7.98. The molecule has 1 fully saturated rings. The molecule has 0 radical (unpaired) electrons. The van der Waals surface area contributed by atoms with Crippen LogP contribution in [0.2, 0.25) is 0 Å². The molecule has 1 amide bonds. The van der Waals surface area contributed by atoms with Crippen molar-refractivity contribution in [1.82, 2.24) is 0 Å². The zero-order valence-corrected chi connectivity index (χ0v) is 17.6. The molecule has 1 atom stereocenters. The van der Waals surface area contributed by atoms with Crippen molar-refractivity contribution in [1.29, 1.82) is 0 Å². The van der Waals surface area contributed by atoms with E-state index in [1.54, 1.807) is 16.7 Å². The molecule has 3 rings (SSSR count). The Labute approximate surface area is 172 Å². The summed E-state index contributed by atoms with van der Waals surface area (Å²) in [6.07, 6.45) is 2.08. The zero-order valence-electron chi connectivity index (χ0n) is 16.8. The number of anilines is 1. The van der Waals surface area contributed by atoms with Gasteiger partial charge in [0.1, 0.15) is 26.2 Å². The number of hydrogen-bond donors (Lipinski definition) is 3. The van der Waals surface area contributed by atoms with Crippen molar-refractivity contribution < 1.29 is 19.3 Å². The Morgan fingerprint density at radius 1 is 1.07 bits per heavy atom. The number of hydrogen-bond acceptors (Lipinski definition) is 3. The van der Waals surface area contributed by atoms with Crippen molar-refractivity contribution in [3.63, 3.8) is 0 Å². The van der Waals surface area contributed by atoms with Gasteiger partial charge in [0.2, 0.25) is 0 Å². The second kappa shape index (κ2) is 10.6. The standard InChI is InChI=1S/C22H29N3O2S/c1-24(15-18-5-9-21(28-2)10-6-18)17-22(26)23-20-7-3-19(4-8-20)16-25-11-13-27-14-12-25/h3-10H,11-17H2,1-2H3,(H,23,26)/p+2. The summed E-state index contributed by atoms with van der Waals surface area (Å²) in [4.78, 5) is 16.3. The average molecular weight is 402 g/mol. The third kappa shape index (κ3) is 6.63. The smallest absolute Gasteiger partial charge is 0.279 e. The minimum Gasteiger partial charge on any atom is -0.370 e. The molecular formula is C22H31N3O2S+2. The van der Waals surface area contributed by atoms with E-state index in [0.717, 1.165) is 45.1 Å². The maximum absolute atomic E-state index is 12.4. The number of carbonyl (C=O) groups is 1. The minimum absolute atomic E-state index is 0.0461. The zero-order chi connectivity index (χ0) is 19.8. The first-order valence-corrected chi connectivity index (χ1v) is 11.1. The molecule has 0 aromatic heterocycles. The molecule has 28 heavy (non-hydrogen) atoms. The summed E-state index contributed by atoms with van der Waals surface area (Å²) < 4.78 is 5.41. The van der Waals surface area contributed by atoms with Gasteiger partial charge in [0.15, 0.2) is 6.54 Å². The summed E-state index contributed by atoms with van der Waals surface area (Å²) in [7, 11) is 2.05. The molecule has 1 unspecified atom stereocenters. The van der Waals surface area contributed by atoms with E-state index >= 15 is 0 Å². The van der Waals surface area contributed by atoms with Crippen LogP contribution in [0.4, 0.5) is 5.69 Å². The van der Waals surface area contributed by atoms with E-state index < -0.39 is 0 Å². The number of amides is 1. The van der Waals surface area contributed by atoms with Gasteiger partial charge in [-0.3, -0.25) is 4.79 Å². The molecule has 2 aromatic rings. The SMILES string of the molecule is CSc1ccc(C[NH+](C)CC(=O)Nc2ccc(C[NH+]3CCOCC3)cc2)cc1. The second-order valence-corrected chi connectivity index (χ2v) is 8.32. The number of likely N-dealkylation sites (N-methyl/N-ethyl adjacent to an activating group) is 1. The van der Waals surface area contributed by atoms with Crippen LogP contribution in [0.5, 0.6) is 0 Å². The maximum atomic E-state index is 12.4. The Bertz CT molecular complexity index is 743. The molecule has 3 N–H and O–H groups in total. The number of ether oxygens (including phenoxy) is 1. The Balaban J connectivity index is 1.44. The van der Waals surface area contributed by atoms with Crippen LogP contribution in [0.15, 0.2) is 53.4 Å².